The molecule has 0 bridgehead atoms. The Hall–Kier alpha value is -1.66. The zero-order valence-electron chi connectivity index (χ0n) is 9.56. The van der Waals surface area contributed by atoms with Crippen LogP contribution in [0.2, 0.25) is 0 Å². The highest BCUT2D eigenvalue weighted by Gasteiger charge is 2.27. The van der Waals surface area contributed by atoms with E-state index < -0.39 is 4.92 Å². The number of phenolic OH excluding ortho intramolecular Hbond substituents is 1. The minimum absolute atomic E-state index is 0.0143. The number of nitro groups is 1. The van der Waals surface area contributed by atoms with Gasteiger partial charge in [0.15, 0.2) is 0 Å². The van der Waals surface area contributed by atoms with Gasteiger partial charge in [-0.2, -0.15) is 0 Å². The second kappa shape index (κ2) is 4.68. The highest BCUT2D eigenvalue weighted by Crippen LogP contribution is 2.35. The predicted molar refractivity (Wildman–Crippen MR) is 63.1 cm³/mol. The maximum absolute atomic E-state index is 11.0. The molecule has 0 aromatic heterocycles. The van der Waals surface area contributed by atoms with E-state index >= 15 is 0 Å². The first-order chi connectivity index (χ1) is 8.11. The molecule has 17 heavy (non-hydrogen) atoms. The molecule has 1 aromatic rings. The highest BCUT2D eigenvalue weighted by atomic mass is 16.6. The maximum atomic E-state index is 11.0. The summed E-state index contributed by atoms with van der Waals surface area (Å²) in [6.45, 7) is 3.88. The van der Waals surface area contributed by atoms with Gasteiger partial charge in [0.1, 0.15) is 5.75 Å². The van der Waals surface area contributed by atoms with Gasteiger partial charge in [-0.15, -0.1) is 0 Å². The van der Waals surface area contributed by atoms with Gasteiger partial charge in [-0.25, -0.2) is 0 Å². The number of phenols is 1. The molecule has 1 saturated heterocycles. The van der Waals surface area contributed by atoms with Gasteiger partial charge < -0.3 is 15.7 Å². The van der Waals surface area contributed by atoms with Crippen LogP contribution in [0.15, 0.2) is 12.1 Å². The molecule has 1 aliphatic heterocycles. The fourth-order valence-corrected chi connectivity index (χ4v) is 2.07. The number of nitrogens with zero attached hydrogens (tertiary/aromatic N) is 1. The molecule has 92 valence electrons. The Balaban J connectivity index is 2.48. The lowest BCUT2D eigenvalue weighted by Crippen LogP contribution is -2.42. The number of aromatic hydroxyl groups is 1. The van der Waals surface area contributed by atoms with Crippen LogP contribution in [0.1, 0.15) is 17.2 Å². The molecule has 6 nitrogen and oxygen atoms in total. The third-order valence-corrected chi connectivity index (χ3v) is 2.98. The van der Waals surface area contributed by atoms with Crippen molar-refractivity contribution in [3.05, 3.63) is 33.4 Å². The molecule has 3 N–H and O–H groups in total. The van der Waals surface area contributed by atoms with Crippen LogP contribution in [0.25, 0.3) is 0 Å². The number of rotatable bonds is 2. The lowest BCUT2D eigenvalue weighted by molar-refractivity contribution is -0.385. The second-order valence-electron chi connectivity index (χ2n) is 4.13. The van der Waals surface area contributed by atoms with Crippen LogP contribution in [0, 0.1) is 17.0 Å². The third kappa shape index (κ3) is 2.22. The van der Waals surface area contributed by atoms with Crippen molar-refractivity contribution in [2.75, 3.05) is 19.6 Å². The van der Waals surface area contributed by atoms with E-state index in [-0.39, 0.29) is 17.5 Å². The normalized spacial score (nSPS) is 20.2. The van der Waals surface area contributed by atoms with E-state index in [9.17, 15) is 15.2 Å². The third-order valence-electron chi connectivity index (χ3n) is 2.98. The zero-order valence-corrected chi connectivity index (χ0v) is 9.56. The Bertz CT molecular complexity index is 442. The molecule has 1 atom stereocenters. The molecule has 6 heteroatoms. The van der Waals surface area contributed by atoms with Crippen molar-refractivity contribution in [3.8, 4) is 5.75 Å². The van der Waals surface area contributed by atoms with Crippen molar-refractivity contribution in [3.63, 3.8) is 0 Å². The zero-order chi connectivity index (χ0) is 12.4. The summed E-state index contributed by atoms with van der Waals surface area (Å²) in [5, 5.41) is 27.3. The van der Waals surface area contributed by atoms with Gasteiger partial charge in [0.25, 0.3) is 5.69 Å². The number of aryl methyl sites for hydroxylation is 1. The minimum Gasteiger partial charge on any atom is -0.507 e. The summed E-state index contributed by atoms with van der Waals surface area (Å²) in [4.78, 5) is 10.5. The number of piperazine rings is 1. The summed E-state index contributed by atoms with van der Waals surface area (Å²) in [7, 11) is 0. The molecule has 1 fully saturated rings. The average Bonchev–Trinajstić information content (AvgIpc) is 2.33. The second-order valence-corrected chi connectivity index (χ2v) is 4.13. The maximum Gasteiger partial charge on any atom is 0.277 e. The summed E-state index contributed by atoms with van der Waals surface area (Å²) in [5.74, 6) is 0.0143. The van der Waals surface area contributed by atoms with Crippen LogP contribution < -0.4 is 10.6 Å². The van der Waals surface area contributed by atoms with Gasteiger partial charge in [-0.3, -0.25) is 10.1 Å². The number of hydrogen-bond donors (Lipinski definition) is 3. The molecule has 0 radical (unpaired) electrons. The van der Waals surface area contributed by atoms with Crippen molar-refractivity contribution in [1.82, 2.24) is 10.6 Å². The lowest BCUT2D eigenvalue weighted by atomic mass is 9.99. The molecule has 1 heterocycles. The molecule has 0 aliphatic carbocycles. The quantitative estimate of drug-likeness (QED) is 0.524. The molecule has 2 rings (SSSR count). The number of nitro benzene ring substituents is 1. The molecule has 1 aliphatic rings. The molecule has 0 spiro atoms. The van der Waals surface area contributed by atoms with Gasteiger partial charge in [-0.05, 0) is 18.6 Å². The van der Waals surface area contributed by atoms with E-state index in [1.807, 2.05) is 0 Å². The Morgan fingerprint density at radius 2 is 2.24 bits per heavy atom. The number of benzene rings is 1. The van der Waals surface area contributed by atoms with E-state index in [2.05, 4.69) is 10.6 Å². The van der Waals surface area contributed by atoms with Crippen molar-refractivity contribution >= 4 is 5.69 Å². The van der Waals surface area contributed by atoms with Crippen LogP contribution in [0.5, 0.6) is 5.75 Å². The molecule has 1 aromatic carbocycles. The summed E-state index contributed by atoms with van der Waals surface area (Å²) in [6.07, 6.45) is 0. The Kier molecular flexibility index (Phi) is 3.26. The molecular weight excluding hydrogens is 222 g/mol. The van der Waals surface area contributed by atoms with Crippen LogP contribution in [0.3, 0.4) is 0 Å². The van der Waals surface area contributed by atoms with Gasteiger partial charge in [-0.1, -0.05) is 0 Å². The van der Waals surface area contributed by atoms with Gasteiger partial charge >= 0.3 is 0 Å². The van der Waals surface area contributed by atoms with E-state index in [1.165, 1.54) is 6.07 Å². The fraction of sp³-hybridized carbons (Fsp3) is 0.455. The molecule has 0 saturated carbocycles. The number of nitrogens with one attached hydrogen (secondary N) is 2. The smallest absolute Gasteiger partial charge is 0.277 e. The van der Waals surface area contributed by atoms with E-state index in [0.29, 0.717) is 17.7 Å². The summed E-state index contributed by atoms with van der Waals surface area (Å²) in [5.41, 5.74) is 0.995. The first-order valence-electron chi connectivity index (χ1n) is 5.52. The van der Waals surface area contributed by atoms with Crippen molar-refractivity contribution < 1.29 is 10.0 Å². The SMILES string of the molecule is Cc1ccc([N+](=O)[O-])c([C@@H]2CNCCN2)c1O. The monoisotopic (exact) mass is 237 g/mol. The Morgan fingerprint density at radius 3 is 2.82 bits per heavy atom. The largest absolute Gasteiger partial charge is 0.507 e. The van der Waals surface area contributed by atoms with Crippen molar-refractivity contribution in [1.29, 1.82) is 0 Å². The minimum atomic E-state index is -0.454. The standard InChI is InChI=1S/C11H15N3O3/c1-7-2-3-9(14(16)17)10(11(7)15)8-6-12-4-5-13-8/h2-3,8,12-13,15H,4-6H2,1H3/t8-/m0/s1. The average molecular weight is 237 g/mol. The first kappa shape index (κ1) is 11.8. The Labute approximate surface area is 98.8 Å². The molecular formula is C11H15N3O3. The fourth-order valence-electron chi connectivity index (χ4n) is 2.07. The van der Waals surface area contributed by atoms with E-state index in [0.717, 1.165) is 13.1 Å². The number of hydrogen-bond acceptors (Lipinski definition) is 5. The summed E-state index contributed by atoms with van der Waals surface area (Å²) >= 11 is 0. The summed E-state index contributed by atoms with van der Waals surface area (Å²) in [6, 6.07) is 2.79. The summed E-state index contributed by atoms with van der Waals surface area (Å²) < 4.78 is 0. The first-order valence-corrected chi connectivity index (χ1v) is 5.52. The van der Waals surface area contributed by atoms with Gasteiger partial charge in [0.05, 0.1) is 16.5 Å². The van der Waals surface area contributed by atoms with Crippen LogP contribution in [-0.2, 0) is 0 Å². The topological polar surface area (TPSA) is 87.4 Å². The Morgan fingerprint density at radius 1 is 1.47 bits per heavy atom. The van der Waals surface area contributed by atoms with Crippen LogP contribution in [0.4, 0.5) is 5.69 Å². The molecule has 0 unspecified atom stereocenters. The van der Waals surface area contributed by atoms with Gasteiger partial charge in [0.2, 0.25) is 0 Å². The van der Waals surface area contributed by atoms with E-state index in [4.69, 9.17) is 0 Å². The van der Waals surface area contributed by atoms with Crippen LogP contribution >= 0.6 is 0 Å². The van der Waals surface area contributed by atoms with Crippen molar-refractivity contribution in [2.24, 2.45) is 0 Å². The highest BCUT2D eigenvalue weighted by molar-refractivity contribution is 5.54. The van der Waals surface area contributed by atoms with Crippen LogP contribution in [-0.4, -0.2) is 29.7 Å². The predicted octanol–water partition coefficient (Wildman–Crippen LogP) is 0.843. The molecule has 0 amide bonds. The lowest BCUT2D eigenvalue weighted by Gasteiger charge is -2.25. The van der Waals surface area contributed by atoms with Crippen molar-refractivity contribution in [2.45, 2.75) is 13.0 Å². The van der Waals surface area contributed by atoms with E-state index in [1.54, 1.807) is 13.0 Å². The van der Waals surface area contributed by atoms with Gasteiger partial charge in [0, 0.05) is 25.7 Å².